The first kappa shape index (κ1) is 41.3. The smallest absolute Gasteiger partial charge is 0.229 e. The Balaban J connectivity index is 2.19. The van der Waals surface area contributed by atoms with Crippen LogP contribution in [0.25, 0.3) is 0 Å². The zero-order valence-electron chi connectivity index (χ0n) is 27.1. The van der Waals surface area contributed by atoms with E-state index >= 15 is 0 Å². The quantitative estimate of drug-likeness (QED) is 0.258. The normalized spacial score (nSPS) is 22.4. The van der Waals surface area contributed by atoms with Crippen LogP contribution < -0.4 is 21.3 Å². The van der Waals surface area contributed by atoms with Crippen LogP contribution in [-0.2, 0) is 19.2 Å². The van der Waals surface area contributed by atoms with Crippen molar-refractivity contribution in [1.82, 2.24) is 21.3 Å². The van der Waals surface area contributed by atoms with Crippen molar-refractivity contribution in [1.29, 1.82) is 0 Å². The monoisotopic (exact) mass is 692 g/mol. The van der Waals surface area contributed by atoms with E-state index in [0.29, 0.717) is 49.2 Å². The van der Waals surface area contributed by atoms with Gasteiger partial charge in [-0.2, -0.15) is 47.0 Å². The number of hydrogen-bond donors (Lipinski definition) is 4. The van der Waals surface area contributed by atoms with E-state index in [4.69, 9.17) is 0 Å². The summed E-state index contributed by atoms with van der Waals surface area (Å²) in [5, 5.41) is 11.8. The summed E-state index contributed by atoms with van der Waals surface area (Å²) in [5.41, 5.74) is 0. The lowest BCUT2D eigenvalue weighted by atomic mass is 10.1. The Morgan fingerprint density at radius 1 is 0.295 bits per heavy atom. The van der Waals surface area contributed by atoms with Crippen molar-refractivity contribution in [3.05, 3.63) is 0 Å². The molecule has 1 heterocycles. The number of thioether (sulfide) groups is 4. The second-order valence-electron chi connectivity index (χ2n) is 11.3. The molecule has 0 aromatic carbocycles. The molecular formula is C32H60N4O4S4. The van der Waals surface area contributed by atoms with Crippen LogP contribution in [0.3, 0.4) is 0 Å². The van der Waals surface area contributed by atoms with E-state index in [-0.39, 0.29) is 23.6 Å². The molecule has 1 rings (SSSR count). The molecule has 4 N–H and O–H groups in total. The van der Waals surface area contributed by atoms with Crippen molar-refractivity contribution in [2.75, 3.05) is 72.2 Å². The van der Waals surface area contributed by atoms with Crippen molar-refractivity contribution >= 4 is 70.7 Å². The molecule has 1 saturated heterocycles. The van der Waals surface area contributed by atoms with Gasteiger partial charge in [0.2, 0.25) is 23.6 Å². The van der Waals surface area contributed by atoms with Gasteiger partial charge in [0.1, 0.15) is 0 Å². The van der Waals surface area contributed by atoms with Gasteiger partial charge in [-0.05, 0) is 61.5 Å². The molecule has 0 saturated carbocycles. The molecule has 0 aromatic heterocycles. The molecule has 0 aromatic rings. The predicted molar refractivity (Wildman–Crippen MR) is 195 cm³/mol. The number of rotatable bonds is 0. The predicted octanol–water partition coefficient (Wildman–Crippen LogP) is 5.64. The molecule has 4 amide bonds. The first-order valence-electron chi connectivity index (χ1n) is 17.0. The Hall–Kier alpha value is -0.720. The maximum absolute atomic E-state index is 12.0. The summed E-state index contributed by atoms with van der Waals surface area (Å²) in [6.45, 7) is 2.42. The van der Waals surface area contributed by atoms with E-state index in [1.54, 1.807) is 47.0 Å². The Morgan fingerprint density at radius 2 is 0.500 bits per heavy atom. The molecule has 0 bridgehead atoms. The minimum atomic E-state index is 0.0845. The third-order valence-corrected chi connectivity index (χ3v) is 11.3. The van der Waals surface area contributed by atoms with Crippen LogP contribution in [0.2, 0.25) is 0 Å². The lowest BCUT2D eigenvalue weighted by Gasteiger charge is -2.08. The number of hydrogen-bond acceptors (Lipinski definition) is 8. The highest BCUT2D eigenvalue weighted by atomic mass is 32.2. The zero-order chi connectivity index (χ0) is 31.8. The minimum absolute atomic E-state index is 0.0845. The van der Waals surface area contributed by atoms with Gasteiger partial charge in [0, 0.05) is 26.2 Å². The Kier molecular flexibility index (Phi) is 30.3. The lowest BCUT2D eigenvalue weighted by molar-refractivity contribution is -0.119. The maximum atomic E-state index is 12.0. The van der Waals surface area contributed by atoms with Crippen LogP contribution in [0.5, 0.6) is 0 Å². The van der Waals surface area contributed by atoms with Gasteiger partial charge in [-0.1, -0.05) is 64.2 Å². The highest BCUT2D eigenvalue weighted by Gasteiger charge is 2.05. The van der Waals surface area contributed by atoms with Crippen molar-refractivity contribution < 1.29 is 19.2 Å². The number of carbonyl (C=O) groups is 4. The molecule has 0 spiro atoms. The average Bonchev–Trinajstić information content (AvgIpc) is 3.00. The third-order valence-electron chi connectivity index (χ3n) is 7.08. The number of nitrogens with one attached hydrogen (secondary N) is 4. The molecule has 8 nitrogen and oxygen atoms in total. The fourth-order valence-corrected chi connectivity index (χ4v) is 7.90. The highest BCUT2D eigenvalue weighted by molar-refractivity contribution is 8.00. The highest BCUT2D eigenvalue weighted by Crippen LogP contribution is 2.14. The summed E-state index contributed by atoms with van der Waals surface area (Å²) in [4.78, 5) is 48.0. The minimum Gasteiger partial charge on any atom is -0.355 e. The Labute approximate surface area is 284 Å². The van der Waals surface area contributed by atoms with Crippen molar-refractivity contribution in [3.63, 3.8) is 0 Å². The fourth-order valence-electron chi connectivity index (χ4n) is 4.54. The first-order valence-corrected chi connectivity index (χ1v) is 21.6. The second kappa shape index (κ2) is 32.2. The molecule has 256 valence electrons. The van der Waals surface area contributed by atoms with Crippen molar-refractivity contribution in [3.8, 4) is 0 Å². The van der Waals surface area contributed by atoms with Gasteiger partial charge in [-0.15, -0.1) is 0 Å². The Bertz CT molecular complexity index is 633. The van der Waals surface area contributed by atoms with Gasteiger partial charge in [-0.25, -0.2) is 0 Å². The molecule has 0 radical (unpaired) electrons. The van der Waals surface area contributed by atoms with E-state index in [1.165, 1.54) is 64.2 Å². The fraction of sp³-hybridized carbons (Fsp3) is 0.875. The standard InChI is InChI=1S/C32H60N4O4S4/c37-29-25-41-21-11-7-3-1-4-8-12-22-42-26-30(38)34-18-16-20-36-32(40)28-44-24-14-10-6-2-5-9-13-23-43-27-31(39)35-19-15-17-33-29/h1-28H2,(H,33,37)(H,34,38)(H,35,39)(H,36,40). The topological polar surface area (TPSA) is 116 Å². The maximum Gasteiger partial charge on any atom is 0.229 e. The summed E-state index contributed by atoms with van der Waals surface area (Å²) in [7, 11) is 0. The SMILES string of the molecule is O=C1CSCCCCCCCCCSCC(=O)NCCCNC(=O)CSCCCCCCCCCSCC(=O)NCCCN1. The lowest BCUT2D eigenvalue weighted by Crippen LogP contribution is -2.31. The molecule has 44 heavy (non-hydrogen) atoms. The largest absolute Gasteiger partial charge is 0.355 e. The van der Waals surface area contributed by atoms with Crippen LogP contribution in [0.4, 0.5) is 0 Å². The van der Waals surface area contributed by atoms with Gasteiger partial charge in [0.05, 0.1) is 23.0 Å². The zero-order valence-corrected chi connectivity index (χ0v) is 30.3. The first-order chi connectivity index (χ1) is 21.6. The molecule has 0 unspecified atom stereocenters. The second-order valence-corrected chi connectivity index (χ2v) is 15.7. The third kappa shape index (κ3) is 30.0. The van der Waals surface area contributed by atoms with Crippen LogP contribution in [0.15, 0.2) is 0 Å². The van der Waals surface area contributed by atoms with Gasteiger partial charge in [-0.3, -0.25) is 19.2 Å². The van der Waals surface area contributed by atoms with E-state index in [1.807, 2.05) is 0 Å². The van der Waals surface area contributed by atoms with Crippen LogP contribution in [-0.4, -0.2) is 95.8 Å². The summed E-state index contributed by atoms with van der Waals surface area (Å²) in [6, 6.07) is 0. The molecule has 1 fully saturated rings. The van der Waals surface area contributed by atoms with E-state index in [9.17, 15) is 19.2 Å². The summed E-state index contributed by atoms with van der Waals surface area (Å²) < 4.78 is 0. The van der Waals surface area contributed by atoms with Gasteiger partial charge in [0.25, 0.3) is 0 Å². The molecule has 0 aliphatic carbocycles. The number of amides is 4. The van der Waals surface area contributed by atoms with Gasteiger partial charge < -0.3 is 21.3 Å². The molecule has 12 heteroatoms. The molecule has 1 aliphatic rings. The average molecular weight is 693 g/mol. The van der Waals surface area contributed by atoms with Crippen LogP contribution in [0.1, 0.15) is 103 Å². The van der Waals surface area contributed by atoms with Crippen LogP contribution >= 0.6 is 47.0 Å². The van der Waals surface area contributed by atoms with Gasteiger partial charge >= 0.3 is 0 Å². The van der Waals surface area contributed by atoms with E-state index < -0.39 is 0 Å². The van der Waals surface area contributed by atoms with Crippen molar-refractivity contribution in [2.45, 2.75) is 103 Å². The van der Waals surface area contributed by atoms with E-state index in [2.05, 4.69) is 21.3 Å². The summed E-state index contributed by atoms with van der Waals surface area (Å²) in [6.07, 6.45) is 18.4. The van der Waals surface area contributed by atoms with Gasteiger partial charge in [0.15, 0.2) is 0 Å². The van der Waals surface area contributed by atoms with Crippen molar-refractivity contribution in [2.24, 2.45) is 0 Å². The van der Waals surface area contributed by atoms with Crippen LogP contribution in [0, 0.1) is 0 Å². The summed E-state index contributed by atoms with van der Waals surface area (Å²) >= 11 is 6.81. The molecule has 1 aliphatic heterocycles. The molecular weight excluding hydrogens is 633 g/mol. The Morgan fingerprint density at radius 3 is 0.727 bits per heavy atom. The molecule has 0 atom stereocenters. The van der Waals surface area contributed by atoms with E-state index in [0.717, 1.165) is 61.5 Å². The number of carbonyl (C=O) groups excluding carboxylic acids is 4. The summed E-state index contributed by atoms with van der Waals surface area (Å²) in [5.74, 6) is 6.46.